The Morgan fingerprint density at radius 3 is 2.33 bits per heavy atom. The highest BCUT2D eigenvalue weighted by atomic mass is 127. The average molecular weight is 363 g/mol. The van der Waals surface area contributed by atoms with Crippen molar-refractivity contribution < 1.29 is 5.11 Å². The molecule has 1 aromatic rings. The number of nitrogens with two attached hydrogens (primary N) is 1. The molecule has 18 heavy (non-hydrogen) atoms. The van der Waals surface area contributed by atoms with Crippen LogP contribution in [0.25, 0.3) is 0 Å². The number of benzene rings is 1. The zero-order chi connectivity index (χ0) is 12.8. The molecule has 0 aromatic heterocycles. The third kappa shape index (κ3) is 5.68. The molecule has 1 rings (SSSR count). The van der Waals surface area contributed by atoms with Gasteiger partial charge in [-0.1, -0.05) is 13.0 Å². The van der Waals surface area contributed by atoms with Crippen molar-refractivity contribution in [3.63, 3.8) is 0 Å². The molecule has 102 valence electrons. The van der Waals surface area contributed by atoms with Crippen LogP contribution in [0.1, 0.15) is 24.5 Å². The monoisotopic (exact) mass is 363 g/mol. The highest BCUT2D eigenvalue weighted by Crippen LogP contribution is 2.13. The van der Waals surface area contributed by atoms with Crippen molar-refractivity contribution in [3.05, 3.63) is 29.3 Å². The molecule has 0 aliphatic carbocycles. The van der Waals surface area contributed by atoms with E-state index in [0.29, 0.717) is 5.96 Å². The van der Waals surface area contributed by atoms with Crippen LogP contribution in [0, 0.1) is 13.8 Å². The summed E-state index contributed by atoms with van der Waals surface area (Å²) in [6, 6.07) is 5.99. The van der Waals surface area contributed by atoms with E-state index in [1.165, 1.54) is 11.1 Å². The molecule has 0 aliphatic rings. The third-order valence-electron chi connectivity index (χ3n) is 2.50. The third-order valence-corrected chi connectivity index (χ3v) is 2.50. The molecule has 0 heterocycles. The topological polar surface area (TPSA) is 70.6 Å². The standard InChI is InChI=1S/C13H21N3O.HI/c1-4-11(8-17)15-13(14)16-12-6-9(2)5-10(3)7-12;/h5-7,11,17H,4,8H2,1-3H3,(H3,14,15,16);1H/t11-;/m1./s1. The Hall–Kier alpha value is -0.820. The summed E-state index contributed by atoms with van der Waals surface area (Å²) >= 11 is 0. The number of hydrogen-bond donors (Lipinski definition) is 3. The maximum Gasteiger partial charge on any atom is 0.193 e. The van der Waals surface area contributed by atoms with Crippen LogP contribution in [0.2, 0.25) is 0 Å². The van der Waals surface area contributed by atoms with Gasteiger partial charge in [-0.25, -0.2) is 4.99 Å². The summed E-state index contributed by atoms with van der Waals surface area (Å²) in [5, 5.41) is 12.1. The SMILES string of the molecule is CC[C@H](CO)N=C(N)Nc1cc(C)cc(C)c1.I. The molecule has 0 fully saturated rings. The van der Waals surface area contributed by atoms with Crippen LogP contribution >= 0.6 is 24.0 Å². The van der Waals surface area contributed by atoms with E-state index in [1.807, 2.05) is 32.9 Å². The first-order valence-corrected chi connectivity index (χ1v) is 5.84. The Morgan fingerprint density at radius 2 is 1.89 bits per heavy atom. The molecule has 1 atom stereocenters. The van der Waals surface area contributed by atoms with Crippen molar-refractivity contribution in [1.29, 1.82) is 0 Å². The van der Waals surface area contributed by atoms with Gasteiger partial charge in [-0.15, -0.1) is 24.0 Å². The summed E-state index contributed by atoms with van der Waals surface area (Å²) in [6.45, 7) is 6.06. The molecule has 0 saturated heterocycles. The predicted molar refractivity (Wildman–Crippen MR) is 87.7 cm³/mol. The number of rotatable bonds is 4. The van der Waals surface area contributed by atoms with Crippen LogP contribution in [0.5, 0.6) is 0 Å². The van der Waals surface area contributed by atoms with Crippen LogP contribution in [-0.2, 0) is 0 Å². The van der Waals surface area contributed by atoms with Crippen LogP contribution in [0.3, 0.4) is 0 Å². The molecule has 4 N–H and O–H groups in total. The molecule has 0 radical (unpaired) electrons. The minimum atomic E-state index is -0.131. The lowest BCUT2D eigenvalue weighted by molar-refractivity contribution is 0.264. The lowest BCUT2D eigenvalue weighted by Crippen LogP contribution is -2.26. The Balaban J connectivity index is 0.00000289. The number of aryl methyl sites for hydroxylation is 2. The van der Waals surface area contributed by atoms with Gasteiger partial charge in [-0.3, -0.25) is 0 Å². The van der Waals surface area contributed by atoms with Crippen LogP contribution < -0.4 is 11.1 Å². The number of anilines is 1. The van der Waals surface area contributed by atoms with Gasteiger partial charge in [-0.2, -0.15) is 0 Å². The van der Waals surface area contributed by atoms with E-state index in [9.17, 15) is 0 Å². The lowest BCUT2D eigenvalue weighted by Gasteiger charge is -2.11. The molecular weight excluding hydrogens is 341 g/mol. The van der Waals surface area contributed by atoms with Crippen molar-refractivity contribution in [1.82, 2.24) is 0 Å². The Bertz CT molecular complexity index is 383. The van der Waals surface area contributed by atoms with E-state index in [2.05, 4.69) is 16.4 Å². The summed E-state index contributed by atoms with van der Waals surface area (Å²) in [7, 11) is 0. The molecule has 0 bridgehead atoms. The van der Waals surface area contributed by atoms with Crippen molar-refractivity contribution in [2.45, 2.75) is 33.2 Å². The number of aliphatic hydroxyl groups excluding tert-OH is 1. The normalized spacial score (nSPS) is 12.8. The molecule has 0 spiro atoms. The number of aliphatic imine (C=N–C) groups is 1. The fourth-order valence-electron chi connectivity index (χ4n) is 1.68. The minimum absolute atomic E-state index is 0. The second-order valence-electron chi connectivity index (χ2n) is 4.26. The summed E-state index contributed by atoms with van der Waals surface area (Å²) in [6.07, 6.45) is 0.770. The van der Waals surface area contributed by atoms with E-state index in [0.717, 1.165) is 12.1 Å². The molecule has 5 heteroatoms. The highest BCUT2D eigenvalue weighted by Gasteiger charge is 2.03. The molecule has 0 saturated carbocycles. The first kappa shape index (κ1) is 17.2. The Morgan fingerprint density at radius 1 is 1.33 bits per heavy atom. The number of aliphatic hydroxyl groups is 1. The van der Waals surface area contributed by atoms with Crippen molar-refractivity contribution in [3.8, 4) is 0 Å². The van der Waals surface area contributed by atoms with Gasteiger partial charge in [0.1, 0.15) is 0 Å². The first-order chi connectivity index (χ1) is 8.05. The van der Waals surface area contributed by atoms with Gasteiger partial charge < -0.3 is 16.2 Å². The fraction of sp³-hybridized carbons (Fsp3) is 0.462. The number of halogens is 1. The average Bonchev–Trinajstić information content (AvgIpc) is 2.24. The largest absolute Gasteiger partial charge is 0.394 e. The van der Waals surface area contributed by atoms with Gasteiger partial charge in [0.05, 0.1) is 12.6 Å². The maximum absolute atomic E-state index is 9.04. The van der Waals surface area contributed by atoms with Crippen molar-refractivity contribution in [2.75, 3.05) is 11.9 Å². The summed E-state index contributed by atoms with van der Waals surface area (Å²) in [4.78, 5) is 4.20. The van der Waals surface area contributed by atoms with Gasteiger partial charge in [0.25, 0.3) is 0 Å². The minimum Gasteiger partial charge on any atom is -0.394 e. The summed E-state index contributed by atoms with van der Waals surface area (Å²) < 4.78 is 0. The van der Waals surface area contributed by atoms with Crippen LogP contribution in [0.4, 0.5) is 5.69 Å². The van der Waals surface area contributed by atoms with Crippen LogP contribution in [0.15, 0.2) is 23.2 Å². The molecular formula is C13H22IN3O. The van der Waals surface area contributed by atoms with Gasteiger partial charge in [0.15, 0.2) is 5.96 Å². The van der Waals surface area contributed by atoms with Crippen LogP contribution in [-0.4, -0.2) is 23.7 Å². The van der Waals surface area contributed by atoms with Gasteiger partial charge in [0, 0.05) is 5.69 Å². The van der Waals surface area contributed by atoms with E-state index in [4.69, 9.17) is 10.8 Å². The number of nitrogens with zero attached hydrogens (tertiary/aromatic N) is 1. The van der Waals surface area contributed by atoms with Crippen molar-refractivity contribution >= 4 is 35.6 Å². The van der Waals surface area contributed by atoms with E-state index >= 15 is 0 Å². The number of nitrogens with one attached hydrogen (secondary N) is 1. The first-order valence-electron chi connectivity index (χ1n) is 5.84. The second kappa shape index (κ2) is 8.31. The Labute approximate surface area is 126 Å². The highest BCUT2D eigenvalue weighted by molar-refractivity contribution is 14.0. The van der Waals surface area contributed by atoms with Gasteiger partial charge in [0.2, 0.25) is 0 Å². The van der Waals surface area contributed by atoms with Gasteiger partial charge in [-0.05, 0) is 43.5 Å². The smallest absolute Gasteiger partial charge is 0.193 e. The summed E-state index contributed by atoms with van der Waals surface area (Å²) in [5.41, 5.74) is 9.06. The molecule has 0 aliphatic heterocycles. The number of hydrogen-bond acceptors (Lipinski definition) is 2. The zero-order valence-corrected chi connectivity index (χ0v) is 13.4. The lowest BCUT2D eigenvalue weighted by atomic mass is 10.1. The summed E-state index contributed by atoms with van der Waals surface area (Å²) in [5.74, 6) is 0.343. The van der Waals surface area contributed by atoms with Crippen molar-refractivity contribution in [2.24, 2.45) is 10.7 Å². The number of guanidine groups is 1. The van der Waals surface area contributed by atoms with E-state index < -0.39 is 0 Å². The maximum atomic E-state index is 9.04. The van der Waals surface area contributed by atoms with E-state index in [1.54, 1.807) is 0 Å². The Kier molecular flexibility index (Phi) is 7.93. The quantitative estimate of drug-likeness (QED) is 0.437. The predicted octanol–water partition coefficient (Wildman–Crippen LogP) is 2.42. The fourth-order valence-corrected chi connectivity index (χ4v) is 1.68. The molecule has 0 unspecified atom stereocenters. The molecule has 4 nitrogen and oxygen atoms in total. The molecule has 1 aromatic carbocycles. The second-order valence-corrected chi connectivity index (χ2v) is 4.26. The van der Waals surface area contributed by atoms with E-state index in [-0.39, 0.29) is 36.6 Å². The van der Waals surface area contributed by atoms with Gasteiger partial charge >= 0.3 is 0 Å². The molecule has 0 amide bonds. The zero-order valence-electron chi connectivity index (χ0n) is 11.1.